The van der Waals surface area contributed by atoms with E-state index in [1.165, 1.54) is 21.2 Å². The Morgan fingerprint density at radius 1 is 1.10 bits per heavy atom. The lowest BCUT2D eigenvalue weighted by Gasteiger charge is -2.21. The molecule has 2 aromatic carbocycles. The number of rotatable bonds is 11. The van der Waals surface area contributed by atoms with E-state index in [0.29, 0.717) is 0 Å². The van der Waals surface area contributed by atoms with E-state index in [1.807, 2.05) is 24.3 Å². The first-order valence-electron chi connectivity index (χ1n) is 10.4. The van der Waals surface area contributed by atoms with Gasteiger partial charge in [0.2, 0.25) is 0 Å². The van der Waals surface area contributed by atoms with Gasteiger partial charge in [0.25, 0.3) is 0 Å². The van der Waals surface area contributed by atoms with Gasteiger partial charge in [0, 0.05) is 22.7 Å². The Balaban J connectivity index is 1.72. The maximum atomic E-state index is 11.3. The number of hydrogen-bond donors (Lipinski definition) is 3. The van der Waals surface area contributed by atoms with Crippen molar-refractivity contribution in [2.24, 2.45) is 0 Å². The average molecular weight is 411 g/mol. The van der Waals surface area contributed by atoms with Gasteiger partial charge in [-0.05, 0) is 48.1 Å². The Kier molecular flexibility index (Phi) is 7.53. The number of unbranched alkanes of at least 4 members (excludes halogenated alkanes) is 2. The van der Waals surface area contributed by atoms with Gasteiger partial charge in [-0.2, -0.15) is 0 Å². The molecule has 0 saturated heterocycles. The van der Waals surface area contributed by atoms with Gasteiger partial charge in [-0.3, -0.25) is 4.79 Å². The monoisotopic (exact) mass is 410 g/mol. The zero-order valence-corrected chi connectivity index (χ0v) is 18.0. The number of aliphatic carboxylic acids is 1. The second kappa shape index (κ2) is 10.3. The lowest BCUT2D eigenvalue weighted by Crippen LogP contribution is -2.23. The van der Waals surface area contributed by atoms with Crippen molar-refractivity contribution in [2.45, 2.75) is 58.5 Å². The Labute approximate surface area is 177 Å². The molecule has 1 aromatic heterocycles. The van der Waals surface area contributed by atoms with E-state index in [1.54, 1.807) is 11.3 Å². The summed E-state index contributed by atoms with van der Waals surface area (Å²) in [7, 11) is 0. The number of hydrogen-bond acceptors (Lipinski definition) is 4. The molecule has 0 aliphatic carbocycles. The Hall–Kier alpha value is -2.53. The van der Waals surface area contributed by atoms with Gasteiger partial charge in [-0.25, -0.2) is 0 Å². The highest BCUT2D eigenvalue weighted by Gasteiger charge is 2.15. The summed E-state index contributed by atoms with van der Waals surface area (Å²) < 4.78 is 1.31. The number of nitrogens with one attached hydrogen (secondary N) is 2. The van der Waals surface area contributed by atoms with Gasteiger partial charge in [0.05, 0.1) is 17.8 Å². The predicted octanol–water partition coefficient (Wildman–Crippen LogP) is 6.66. The fourth-order valence-electron chi connectivity index (χ4n) is 3.72. The Bertz CT molecular complexity index is 951. The highest BCUT2D eigenvalue weighted by atomic mass is 32.1. The molecule has 0 amide bonds. The molecule has 0 aliphatic heterocycles. The van der Waals surface area contributed by atoms with E-state index >= 15 is 0 Å². The van der Waals surface area contributed by atoms with Crippen molar-refractivity contribution >= 4 is 38.8 Å². The minimum absolute atomic E-state index is 0.0637. The van der Waals surface area contributed by atoms with Crippen LogP contribution in [0.15, 0.2) is 47.8 Å². The van der Waals surface area contributed by atoms with Crippen LogP contribution in [0.2, 0.25) is 0 Å². The standard InChI is InChI=1S/C24H30N2O2S/c1-3-4-5-10-19(14-23(27)28)26-21-12-7-6-11-20(21)25-15-18-16-29-22-13-8-9-17(2)24(18)22/h6-9,11-13,16,19,25-26H,3-5,10,14-15H2,1-2H3,(H,27,28). The van der Waals surface area contributed by atoms with E-state index in [2.05, 4.69) is 48.1 Å². The third-order valence-corrected chi connectivity index (χ3v) is 6.21. The topological polar surface area (TPSA) is 61.4 Å². The van der Waals surface area contributed by atoms with Crippen LogP contribution in [0, 0.1) is 6.92 Å². The number of thiophene rings is 1. The van der Waals surface area contributed by atoms with Crippen LogP contribution in [-0.2, 0) is 11.3 Å². The van der Waals surface area contributed by atoms with Gasteiger partial charge in [0.15, 0.2) is 0 Å². The van der Waals surface area contributed by atoms with E-state index < -0.39 is 5.97 Å². The molecule has 0 bridgehead atoms. The number of carbonyl (C=O) groups is 1. The van der Waals surface area contributed by atoms with Gasteiger partial charge in [-0.15, -0.1) is 11.3 Å². The third-order valence-electron chi connectivity index (χ3n) is 5.22. The maximum absolute atomic E-state index is 11.3. The predicted molar refractivity (Wildman–Crippen MR) is 124 cm³/mol. The molecule has 154 valence electrons. The molecule has 29 heavy (non-hydrogen) atoms. The van der Waals surface area contributed by atoms with Crippen molar-refractivity contribution in [1.29, 1.82) is 0 Å². The van der Waals surface area contributed by atoms with E-state index in [9.17, 15) is 9.90 Å². The largest absolute Gasteiger partial charge is 0.481 e. The zero-order chi connectivity index (χ0) is 20.6. The summed E-state index contributed by atoms with van der Waals surface area (Å²) in [6.07, 6.45) is 4.29. The summed E-state index contributed by atoms with van der Waals surface area (Å²) in [5.74, 6) is -0.760. The van der Waals surface area contributed by atoms with Crippen LogP contribution in [-0.4, -0.2) is 17.1 Å². The molecule has 1 unspecified atom stereocenters. The Morgan fingerprint density at radius 3 is 2.66 bits per heavy atom. The summed E-state index contributed by atoms with van der Waals surface area (Å²) in [5, 5.41) is 19.9. The van der Waals surface area contributed by atoms with Gasteiger partial charge < -0.3 is 15.7 Å². The fraction of sp³-hybridized carbons (Fsp3) is 0.375. The van der Waals surface area contributed by atoms with Crippen molar-refractivity contribution in [2.75, 3.05) is 10.6 Å². The number of carboxylic acid groups (broad SMARTS) is 1. The number of benzene rings is 2. The number of fused-ring (bicyclic) bond motifs is 1. The van der Waals surface area contributed by atoms with E-state index in [0.717, 1.165) is 43.6 Å². The molecule has 3 aromatic rings. The Morgan fingerprint density at radius 2 is 1.90 bits per heavy atom. The normalized spacial score (nSPS) is 12.1. The molecule has 5 heteroatoms. The molecule has 0 spiro atoms. The third kappa shape index (κ3) is 5.73. The summed E-state index contributed by atoms with van der Waals surface area (Å²) >= 11 is 1.78. The van der Waals surface area contributed by atoms with Crippen molar-refractivity contribution in [1.82, 2.24) is 0 Å². The van der Waals surface area contributed by atoms with Gasteiger partial charge in [-0.1, -0.05) is 50.5 Å². The first kappa shape index (κ1) is 21.2. The molecule has 0 aliphatic rings. The summed E-state index contributed by atoms with van der Waals surface area (Å²) in [6, 6.07) is 14.4. The van der Waals surface area contributed by atoms with Crippen LogP contribution in [0.25, 0.3) is 10.1 Å². The first-order valence-corrected chi connectivity index (χ1v) is 11.2. The number of anilines is 2. The van der Waals surface area contributed by atoms with Crippen LogP contribution >= 0.6 is 11.3 Å². The van der Waals surface area contributed by atoms with Crippen LogP contribution in [0.4, 0.5) is 11.4 Å². The molecule has 4 nitrogen and oxygen atoms in total. The van der Waals surface area contributed by atoms with Crippen molar-refractivity contribution in [3.05, 3.63) is 59.0 Å². The molecule has 3 rings (SSSR count). The second-order valence-electron chi connectivity index (χ2n) is 7.54. The average Bonchev–Trinajstić information content (AvgIpc) is 3.11. The van der Waals surface area contributed by atoms with Crippen LogP contribution in [0.3, 0.4) is 0 Å². The highest BCUT2D eigenvalue weighted by Crippen LogP contribution is 2.30. The van der Waals surface area contributed by atoms with Crippen LogP contribution in [0.5, 0.6) is 0 Å². The summed E-state index contributed by atoms with van der Waals surface area (Å²) in [4.78, 5) is 11.3. The van der Waals surface area contributed by atoms with E-state index in [4.69, 9.17) is 0 Å². The van der Waals surface area contributed by atoms with Gasteiger partial charge >= 0.3 is 5.97 Å². The van der Waals surface area contributed by atoms with Crippen LogP contribution < -0.4 is 10.6 Å². The molecule has 0 fully saturated rings. The fourth-order valence-corrected chi connectivity index (χ4v) is 4.76. The van der Waals surface area contributed by atoms with Crippen LogP contribution in [0.1, 0.15) is 50.2 Å². The molecule has 3 N–H and O–H groups in total. The second-order valence-corrected chi connectivity index (χ2v) is 8.45. The SMILES string of the molecule is CCCCCC(CC(=O)O)Nc1ccccc1NCc1csc2cccc(C)c12. The van der Waals surface area contributed by atoms with Crippen molar-refractivity contribution < 1.29 is 9.90 Å². The quantitative estimate of drug-likeness (QED) is 0.309. The molecular formula is C24H30N2O2S. The lowest BCUT2D eigenvalue weighted by molar-refractivity contribution is -0.137. The number of carboxylic acids is 1. The van der Waals surface area contributed by atoms with Gasteiger partial charge in [0.1, 0.15) is 0 Å². The maximum Gasteiger partial charge on any atom is 0.305 e. The molecule has 1 atom stereocenters. The summed E-state index contributed by atoms with van der Waals surface area (Å²) in [5.41, 5.74) is 4.56. The first-order chi connectivity index (χ1) is 14.1. The number of para-hydroxylation sites is 2. The minimum Gasteiger partial charge on any atom is -0.481 e. The number of aryl methyl sites for hydroxylation is 1. The zero-order valence-electron chi connectivity index (χ0n) is 17.2. The highest BCUT2D eigenvalue weighted by molar-refractivity contribution is 7.17. The lowest BCUT2D eigenvalue weighted by atomic mass is 10.0. The summed E-state index contributed by atoms with van der Waals surface area (Å²) in [6.45, 7) is 5.05. The smallest absolute Gasteiger partial charge is 0.305 e. The molecule has 0 saturated carbocycles. The molecule has 1 heterocycles. The molecule has 0 radical (unpaired) electrons. The van der Waals surface area contributed by atoms with E-state index in [-0.39, 0.29) is 12.5 Å². The van der Waals surface area contributed by atoms with Crippen molar-refractivity contribution in [3.8, 4) is 0 Å². The molecular weight excluding hydrogens is 380 g/mol. The minimum atomic E-state index is -0.760. The van der Waals surface area contributed by atoms with Crippen molar-refractivity contribution in [3.63, 3.8) is 0 Å².